The van der Waals surface area contributed by atoms with Crippen LogP contribution in [0.1, 0.15) is 11.1 Å². The number of alkyl halides is 1. The Bertz CT molecular complexity index is 677. The zero-order valence-corrected chi connectivity index (χ0v) is 13.0. The maximum atomic E-state index is 11.1. The zero-order chi connectivity index (χ0) is 15.4. The van der Waals surface area contributed by atoms with Gasteiger partial charge in [0.05, 0.1) is 4.92 Å². The van der Waals surface area contributed by atoms with Crippen LogP contribution in [-0.4, -0.2) is 4.92 Å². The molecule has 2 aromatic carbocycles. The monoisotopic (exact) mass is 345 g/mol. The topological polar surface area (TPSA) is 52.4 Å². The fraction of sp³-hybridized carbons (Fsp3) is 0.143. The second kappa shape index (κ2) is 6.98. The van der Waals surface area contributed by atoms with Gasteiger partial charge in [0.2, 0.25) is 0 Å². The van der Waals surface area contributed by atoms with Gasteiger partial charge >= 0.3 is 5.69 Å². The number of nitro benzene ring substituents is 1. The molecule has 0 aliphatic rings. The first kappa shape index (κ1) is 15.9. The van der Waals surface area contributed by atoms with Crippen LogP contribution >= 0.6 is 34.8 Å². The molecule has 0 saturated heterocycles. The third-order valence-corrected chi connectivity index (χ3v) is 3.68. The lowest BCUT2D eigenvalue weighted by Crippen LogP contribution is -2.00. The maximum absolute atomic E-state index is 11.1. The standard InChI is InChI=1S/C14H10Cl3NO3/c15-7-9-1-4-14(13(5-9)18(19)20)21-8-10-6-11(16)2-3-12(10)17/h1-6H,7-8H2. The van der Waals surface area contributed by atoms with Crippen LogP contribution in [0.5, 0.6) is 5.75 Å². The molecular formula is C14H10Cl3NO3. The van der Waals surface area contributed by atoms with Crippen LogP contribution in [0, 0.1) is 10.1 Å². The summed E-state index contributed by atoms with van der Waals surface area (Å²) in [5.41, 5.74) is 1.17. The number of hydrogen-bond donors (Lipinski definition) is 0. The normalized spacial score (nSPS) is 10.4. The van der Waals surface area contributed by atoms with E-state index < -0.39 is 4.92 Å². The quantitative estimate of drug-likeness (QED) is 0.424. The summed E-state index contributed by atoms with van der Waals surface area (Å²) in [5.74, 6) is 0.353. The maximum Gasteiger partial charge on any atom is 0.311 e. The van der Waals surface area contributed by atoms with Gasteiger partial charge in [0.1, 0.15) is 6.61 Å². The average Bonchev–Trinajstić information content (AvgIpc) is 2.48. The highest BCUT2D eigenvalue weighted by Crippen LogP contribution is 2.30. The molecule has 110 valence electrons. The summed E-state index contributed by atoms with van der Waals surface area (Å²) < 4.78 is 5.49. The van der Waals surface area contributed by atoms with Crippen LogP contribution in [0.3, 0.4) is 0 Å². The molecule has 0 aromatic heterocycles. The molecule has 0 aliphatic carbocycles. The fourth-order valence-electron chi connectivity index (χ4n) is 1.72. The van der Waals surface area contributed by atoms with E-state index in [1.807, 2.05) is 0 Å². The van der Waals surface area contributed by atoms with Gasteiger partial charge in [0, 0.05) is 27.6 Å². The second-order valence-electron chi connectivity index (χ2n) is 4.22. The minimum absolute atomic E-state index is 0.0838. The van der Waals surface area contributed by atoms with Crippen molar-refractivity contribution >= 4 is 40.5 Å². The molecular weight excluding hydrogens is 337 g/mol. The van der Waals surface area contributed by atoms with Crippen LogP contribution in [0.4, 0.5) is 5.69 Å². The van der Waals surface area contributed by atoms with Crippen molar-refractivity contribution in [3.8, 4) is 5.75 Å². The molecule has 0 bridgehead atoms. The Morgan fingerprint density at radius 2 is 1.90 bits per heavy atom. The van der Waals surface area contributed by atoms with E-state index in [1.54, 1.807) is 24.3 Å². The van der Waals surface area contributed by atoms with Crippen molar-refractivity contribution in [2.45, 2.75) is 12.5 Å². The van der Waals surface area contributed by atoms with E-state index in [-0.39, 0.29) is 23.9 Å². The number of rotatable bonds is 5. The summed E-state index contributed by atoms with van der Waals surface area (Å²) in [4.78, 5) is 10.5. The van der Waals surface area contributed by atoms with Gasteiger partial charge < -0.3 is 4.74 Å². The van der Waals surface area contributed by atoms with Crippen LogP contribution in [-0.2, 0) is 12.5 Å². The fourth-order valence-corrected chi connectivity index (χ4v) is 2.25. The third kappa shape index (κ3) is 4.00. The molecule has 0 atom stereocenters. The van der Waals surface area contributed by atoms with Crippen molar-refractivity contribution in [3.63, 3.8) is 0 Å². The SMILES string of the molecule is O=[N+]([O-])c1cc(CCl)ccc1OCc1cc(Cl)ccc1Cl. The van der Waals surface area contributed by atoms with Crippen LogP contribution < -0.4 is 4.74 Å². The number of hydrogen-bond acceptors (Lipinski definition) is 3. The highest BCUT2D eigenvalue weighted by Gasteiger charge is 2.16. The van der Waals surface area contributed by atoms with Crippen LogP contribution in [0.2, 0.25) is 10.0 Å². The molecule has 2 aromatic rings. The Morgan fingerprint density at radius 3 is 2.57 bits per heavy atom. The van der Waals surface area contributed by atoms with Gasteiger partial charge in [0.25, 0.3) is 0 Å². The molecule has 0 unspecified atom stereocenters. The van der Waals surface area contributed by atoms with Crippen molar-refractivity contribution in [2.24, 2.45) is 0 Å². The third-order valence-electron chi connectivity index (χ3n) is 2.77. The molecule has 0 amide bonds. The van der Waals surface area contributed by atoms with E-state index in [2.05, 4.69) is 0 Å². The molecule has 7 heteroatoms. The molecule has 0 N–H and O–H groups in total. The second-order valence-corrected chi connectivity index (χ2v) is 5.33. The van der Waals surface area contributed by atoms with Crippen molar-refractivity contribution in [2.75, 3.05) is 0 Å². The number of halogens is 3. The Kier molecular flexibility index (Phi) is 5.28. The smallest absolute Gasteiger partial charge is 0.311 e. The van der Waals surface area contributed by atoms with Gasteiger partial charge in [0.15, 0.2) is 5.75 Å². The van der Waals surface area contributed by atoms with Gasteiger partial charge in [-0.3, -0.25) is 10.1 Å². The first-order valence-corrected chi connectivity index (χ1v) is 7.20. The molecule has 0 spiro atoms. The highest BCUT2D eigenvalue weighted by molar-refractivity contribution is 6.33. The Balaban J connectivity index is 2.23. The summed E-state index contributed by atoms with van der Waals surface area (Å²) in [5, 5.41) is 12.1. The predicted molar refractivity (Wildman–Crippen MR) is 83.4 cm³/mol. The Hall–Kier alpha value is -1.49. The van der Waals surface area contributed by atoms with E-state index in [0.29, 0.717) is 21.2 Å². The van der Waals surface area contributed by atoms with Crippen LogP contribution in [0.25, 0.3) is 0 Å². The molecule has 0 fully saturated rings. The number of nitrogens with zero attached hydrogens (tertiary/aromatic N) is 1. The predicted octanol–water partition coefficient (Wildman–Crippen LogP) is 5.22. The van der Waals surface area contributed by atoms with Crippen molar-refractivity contribution in [3.05, 3.63) is 67.7 Å². The van der Waals surface area contributed by atoms with Gasteiger partial charge in [-0.2, -0.15) is 0 Å². The summed E-state index contributed by atoms with van der Waals surface area (Å²) >= 11 is 17.6. The van der Waals surface area contributed by atoms with Crippen molar-refractivity contribution < 1.29 is 9.66 Å². The Morgan fingerprint density at radius 1 is 1.14 bits per heavy atom. The highest BCUT2D eigenvalue weighted by atomic mass is 35.5. The van der Waals surface area contributed by atoms with Crippen LogP contribution in [0.15, 0.2) is 36.4 Å². The minimum atomic E-state index is -0.509. The summed E-state index contributed by atoms with van der Waals surface area (Å²) in [6.45, 7) is 0.0838. The summed E-state index contributed by atoms with van der Waals surface area (Å²) in [6.07, 6.45) is 0. The molecule has 2 rings (SSSR count). The van der Waals surface area contributed by atoms with E-state index in [4.69, 9.17) is 39.5 Å². The summed E-state index contributed by atoms with van der Waals surface area (Å²) in [6, 6.07) is 9.55. The van der Waals surface area contributed by atoms with Crippen molar-refractivity contribution in [1.82, 2.24) is 0 Å². The average molecular weight is 347 g/mol. The zero-order valence-electron chi connectivity index (χ0n) is 10.7. The number of ether oxygens (including phenoxy) is 1. The molecule has 0 radical (unpaired) electrons. The van der Waals surface area contributed by atoms with Gasteiger partial charge in [-0.25, -0.2) is 0 Å². The molecule has 0 saturated carbocycles. The van der Waals surface area contributed by atoms with E-state index in [9.17, 15) is 10.1 Å². The van der Waals surface area contributed by atoms with E-state index in [0.717, 1.165) is 0 Å². The molecule has 21 heavy (non-hydrogen) atoms. The van der Waals surface area contributed by atoms with Gasteiger partial charge in [-0.1, -0.05) is 29.3 Å². The van der Waals surface area contributed by atoms with Gasteiger partial charge in [-0.05, 0) is 29.8 Å². The summed E-state index contributed by atoms with van der Waals surface area (Å²) in [7, 11) is 0. The van der Waals surface area contributed by atoms with Crippen molar-refractivity contribution in [1.29, 1.82) is 0 Å². The largest absolute Gasteiger partial charge is 0.482 e. The lowest BCUT2D eigenvalue weighted by Gasteiger charge is -2.09. The minimum Gasteiger partial charge on any atom is -0.482 e. The first-order valence-electron chi connectivity index (χ1n) is 5.91. The number of benzene rings is 2. The number of nitro groups is 1. The lowest BCUT2D eigenvalue weighted by molar-refractivity contribution is -0.386. The molecule has 0 aliphatic heterocycles. The van der Waals surface area contributed by atoms with Gasteiger partial charge in [-0.15, -0.1) is 11.6 Å². The van der Waals surface area contributed by atoms with E-state index >= 15 is 0 Å². The molecule has 0 heterocycles. The Labute approximate surface area is 136 Å². The first-order chi connectivity index (χ1) is 10.0. The molecule has 4 nitrogen and oxygen atoms in total. The van der Waals surface area contributed by atoms with E-state index in [1.165, 1.54) is 12.1 Å². The lowest BCUT2D eigenvalue weighted by atomic mass is 10.2.